The predicted octanol–water partition coefficient (Wildman–Crippen LogP) is 2.68. The van der Waals surface area contributed by atoms with Gasteiger partial charge in [0.2, 0.25) is 5.78 Å². The molecule has 0 N–H and O–H groups in total. The molecule has 0 bridgehead atoms. The largest absolute Gasteiger partial charge is 0.446 e. The van der Waals surface area contributed by atoms with Crippen molar-refractivity contribution in [1.82, 2.24) is 0 Å². The fourth-order valence-corrected chi connectivity index (χ4v) is 1.51. The first-order valence-corrected chi connectivity index (χ1v) is 4.59. The molecule has 1 aromatic carbocycles. The third-order valence-corrected chi connectivity index (χ3v) is 2.18. The molecule has 0 aliphatic carbocycles. The van der Waals surface area contributed by atoms with Gasteiger partial charge in [-0.05, 0) is 23.9 Å². The SMILES string of the molecule is O=CC(=O)c1cccc(SC(F)(F)F)c1. The predicted molar refractivity (Wildman–Crippen MR) is 48.7 cm³/mol. The lowest BCUT2D eigenvalue weighted by molar-refractivity contribution is -0.104. The van der Waals surface area contributed by atoms with Gasteiger partial charge in [0.1, 0.15) is 0 Å². The van der Waals surface area contributed by atoms with Gasteiger partial charge in [0, 0.05) is 10.5 Å². The first kappa shape index (κ1) is 11.8. The minimum Gasteiger partial charge on any atom is -0.294 e. The first-order valence-electron chi connectivity index (χ1n) is 3.78. The minimum absolute atomic E-state index is 0.0424. The van der Waals surface area contributed by atoms with Gasteiger partial charge in [-0.3, -0.25) is 9.59 Å². The summed E-state index contributed by atoms with van der Waals surface area (Å²) in [6.45, 7) is 0. The van der Waals surface area contributed by atoms with E-state index < -0.39 is 11.3 Å². The number of carbonyl (C=O) groups excluding carboxylic acids is 2. The highest BCUT2D eigenvalue weighted by molar-refractivity contribution is 8.00. The monoisotopic (exact) mass is 234 g/mol. The summed E-state index contributed by atoms with van der Waals surface area (Å²) in [5.74, 6) is -0.834. The summed E-state index contributed by atoms with van der Waals surface area (Å²) >= 11 is -0.325. The van der Waals surface area contributed by atoms with E-state index in [1.807, 2.05) is 0 Å². The lowest BCUT2D eigenvalue weighted by Crippen LogP contribution is -2.02. The zero-order valence-electron chi connectivity index (χ0n) is 7.25. The zero-order valence-corrected chi connectivity index (χ0v) is 8.06. The summed E-state index contributed by atoms with van der Waals surface area (Å²) in [5.41, 5.74) is -4.44. The topological polar surface area (TPSA) is 34.1 Å². The van der Waals surface area contributed by atoms with Crippen LogP contribution in [0.4, 0.5) is 13.2 Å². The van der Waals surface area contributed by atoms with Crippen LogP contribution in [0.15, 0.2) is 29.2 Å². The molecule has 80 valence electrons. The number of benzene rings is 1. The molecule has 1 rings (SSSR count). The normalized spacial score (nSPS) is 11.1. The average molecular weight is 234 g/mol. The van der Waals surface area contributed by atoms with Crippen molar-refractivity contribution in [3.8, 4) is 0 Å². The fraction of sp³-hybridized carbons (Fsp3) is 0.111. The summed E-state index contributed by atoms with van der Waals surface area (Å²) in [4.78, 5) is 20.9. The number of carbonyl (C=O) groups is 2. The Morgan fingerprint density at radius 1 is 1.33 bits per heavy atom. The average Bonchev–Trinajstić information content (AvgIpc) is 2.14. The number of thioether (sulfide) groups is 1. The van der Waals surface area contributed by atoms with E-state index in [4.69, 9.17) is 0 Å². The molecule has 1 aromatic rings. The third kappa shape index (κ3) is 3.75. The van der Waals surface area contributed by atoms with Gasteiger partial charge in [-0.15, -0.1) is 0 Å². The number of ketones is 1. The molecule has 0 radical (unpaired) electrons. The molecule has 0 saturated heterocycles. The highest BCUT2D eigenvalue weighted by Gasteiger charge is 2.29. The molecule has 15 heavy (non-hydrogen) atoms. The van der Waals surface area contributed by atoms with Crippen molar-refractivity contribution < 1.29 is 22.8 Å². The summed E-state index contributed by atoms with van der Waals surface area (Å²) < 4.78 is 35.9. The van der Waals surface area contributed by atoms with E-state index in [9.17, 15) is 22.8 Å². The van der Waals surface area contributed by atoms with E-state index in [0.717, 1.165) is 6.07 Å². The molecule has 0 heterocycles. The Morgan fingerprint density at radius 3 is 2.53 bits per heavy atom. The second-order valence-corrected chi connectivity index (χ2v) is 3.70. The van der Waals surface area contributed by atoms with Crippen molar-refractivity contribution in [3.05, 3.63) is 29.8 Å². The van der Waals surface area contributed by atoms with Gasteiger partial charge >= 0.3 is 5.51 Å². The van der Waals surface area contributed by atoms with Gasteiger partial charge in [0.05, 0.1) is 0 Å². The fourth-order valence-electron chi connectivity index (χ4n) is 0.915. The van der Waals surface area contributed by atoms with Crippen molar-refractivity contribution in [2.75, 3.05) is 0 Å². The molecule has 0 aromatic heterocycles. The summed E-state index contributed by atoms with van der Waals surface area (Å²) in [5, 5.41) is 0. The number of Topliss-reactive ketones (excluding diaryl/α,β-unsaturated/α-hetero) is 1. The zero-order chi connectivity index (χ0) is 11.5. The quantitative estimate of drug-likeness (QED) is 0.349. The van der Waals surface area contributed by atoms with Crippen molar-refractivity contribution in [2.24, 2.45) is 0 Å². The number of hydrogen-bond acceptors (Lipinski definition) is 3. The van der Waals surface area contributed by atoms with Gasteiger partial charge in [0.25, 0.3) is 0 Å². The Balaban J connectivity index is 2.93. The van der Waals surface area contributed by atoms with Crippen molar-refractivity contribution >= 4 is 23.8 Å². The summed E-state index contributed by atoms with van der Waals surface area (Å²) in [7, 11) is 0. The molecular formula is C9H5F3O2S. The molecule has 0 unspecified atom stereocenters. The van der Waals surface area contributed by atoms with Crippen LogP contribution in [0.1, 0.15) is 10.4 Å². The summed E-state index contributed by atoms with van der Waals surface area (Å²) in [6, 6.07) is 4.84. The van der Waals surface area contributed by atoms with E-state index in [2.05, 4.69) is 0 Å². The number of halogens is 3. The molecule has 2 nitrogen and oxygen atoms in total. The van der Waals surface area contributed by atoms with Gasteiger partial charge < -0.3 is 0 Å². The molecule has 0 aliphatic heterocycles. The Bertz CT molecular complexity index is 387. The van der Waals surface area contributed by atoms with Crippen LogP contribution in [0.5, 0.6) is 0 Å². The smallest absolute Gasteiger partial charge is 0.294 e. The van der Waals surface area contributed by atoms with E-state index in [1.54, 1.807) is 0 Å². The first-order chi connectivity index (χ1) is 6.92. The Morgan fingerprint density at radius 2 is 2.00 bits per heavy atom. The van der Waals surface area contributed by atoms with E-state index >= 15 is 0 Å². The molecule has 0 spiro atoms. The molecule has 0 amide bonds. The number of hydrogen-bond donors (Lipinski definition) is 0. The van der Waals surface area contributed by atoms with Crippen LogP contribution in [-0.2, 0) is 4.79 Å². The van der Waals surface area contributed by atoms with Gasteiger partial charge in [-0.25, -0.2) is 0 Å². The maximum absolute atomic E-state index is 12.0. The van der Waals surface area contributed by atoms with Gasteiger partial charge in [0.15, 0.2) is 6.29 Å². The van der Waals surface area contributed by atoms with Gasteiger partial charge in [-0.2, -0.15) is 13.2 Å². The van der Waals surface area contributed by atoms with E-state index in [0.29, 0.717) is 0 Å². The van der Waals surface area contributed by atoms with Gasteiger partial charge in [-0.1, -0.05) is 12.1 Å². The van der Waals surface area contributed by atoms with E-state index in [1.165, 1.54) is 18.2 Å². The number of alkyl halides is 3. The van der Waals surface area contributed by atoms with Crippen molar-refractivity contribution in [3.63, 3.8) is 0 Å². The second-order valence-electron chi connectivity index (χ2n) is 2.56. The molecule has 0 atom stereocenters. The van der Waals surface area contributed by atoms with Crippen molar-refractivity contribution in [2.45, 2.75) is 10.4 Å². The number of rotatable bonds is 3. The van der Waals surface area contributed by atoms with Crippen molar-refractivity contribution in [1.29, 1.82) is 0 Å². The van der Waals surface area contributed by atoms with Crippen LogP contribution in [0.3, 0.4) is 0 Å². The Kier molecular flexibility index (Phi) is 3.52. The molecule has 0 saturated carbocycles. The van der Waals surface area contributed by atoms with Crippen LogP contribution < -0.4 is 0 Å². The second kappa shape index (κ2) is 4.48. The third-order valence-electron chi connectivity index (χ3n) is 1.46. The van der Waals surface area contributed by atoms with E-state index in [-0.39, 0.29) is 28.5 Å². The molecular weight excluding hydrogens is 229 g/mol. The minimum atomic E-state index is -4.40. The highest BCUT2D eigenvalue weighted by atomic mass is 32.2. The maximum atomic E-state index is 12.0. The molecule has 0 fully saturated rings. The molecule has 0 aliphatic rings. The Hall–Kier alpha value is -1.30. The van der Waals surface area contributed by atoms with Crippen LogP contribution in [0, 0.1) is 0 Å². The van der Waals surface area contributed by atoms with Crippen LogP contribution in [-0.4, -0.2) is 17.6 Å². The lowest BCUT2D eigenvalue weighted by atomic mass is 10.1. The standard InChI is InChI=1S/C9H5F3O2S/c10-9(11,12)15-7-3-1-2-6(4-7)8(14)5-13/h1-5H. The lowest BCUT2D eigenvalue weighted by Gasteiger charge is -2.05. The Labute approximate surface area is 87.5 Å². The number of aldehydes is 1. The molecule has 6 heteroatoms. The summed E-state index contributed by atoms with van der Waals surface area (Å²) in [6.07, 6.45) is 0.0668. The van der Waals surface area contributed by atoms with Crippen LogP contribution >= 0.6 is 11.8 Å². The highest BCUT2D eigenvalue weighted by Crippen LogP contribution is 2.36. The van der Waals surface area contributed by atoms with Crippen LogP contribution in [0.2, 0.25) is 0 Å². The van der Waals surface area contributed by atoms with Crippen LogP contribution in [0.25, 0.3) is 0 Å². The maximum Gasteiger partial charge on any atom is 0.446 e.